The minimum Gasteiger partial charge on any atom is -0.387 e. The second kappa shape index (κ2) is 6.96. The van der Waals surface area contributed by atoms with E-state index < -0.39 is 23.9 Å². The lowest BCUT2D eigenvalue weighted by Gasteiger charge is -2.24. The highest BCUT2D eigenvalue weighted by Crippen LogP contribution is 2.43. The topological polar surface area (TPSA) is 130 Å². The number of hydrogen-bond donors (Lipinski definition) is 3. The quantitative estimate of drug-likeness (QED) is 0.673. The molecule has 4 atom stereocenters. The Morgan fingerprint density at radius 1 is 1.36 bits per heavy atom. The van der Waals surface area contributed by atoms with Gasteiger partial charge in [0.05, 0.1) is 5.69 Å². The number of nitrogens with zero attached hydrogens (tertiary/aromatic N) is 4. The minimum atomic E-state index is -1.42. The molecule has 0 spiro atoms. The molecule has 1 aliphatic rings. The number of nitrogens with two attached hydrogens (primary N) is 1. The molecule has 1 saturated heterocycles. The number of nitriles is 1. The predicted molar refractivity (Wildman–Crippen MR) is 90.3 cm³/mol. The standard InChI is InChI=1S/C17H23N5O3/c1-2-3-4-5-8-17(9-18)15(24)13(23)14(25-17)11-6-7-12-16(19)20-10-21-22(11)12/h6-7,10,13-15,23-24H,2-5,8H2,1H3,(H2,19,20,21)/t13-,14-,15-,17+/m0/s1. The maximum atomic E-state index is 10.5. The first-order chi connectivity index (χ1) is 12.0. The third kappa shape index (κ3) is 2.95. The average Bonchev–Trinajstić information content (AvgIpc) is 3.15. The molecule has 3 heterocycles. The van der Waals surface area contributed by atoms with E-state index in [1.165, 1.54) is 10.8 Å². The van der Waals surface area contributed by atoms with Gasteiger partial charge in [-0.1, -0.05) is 26.2 Å². The van der Waals surface area contributed by atoms with Crippen LogP contribution >= 0.6 is 0 Å². The summed E-state index contributed by atoms with van der Waals surface area (Å²) in [7, 11) is 0. The summed E-state index contributed by atoms with van der Waals surface area (Å²) in [5.41, 5.74) is 5.52. The lowest BCUT2D eigenvalue weighted by atomic mass is 9.90. The van der Waals surface area contributed by atoms with Gasteiger partial charge in [0.1, 0.15) is 36.2 Å². The Balaban J connectivity index is 1.88. The lowest BCUT2D eigenvalue weighted by Crippen LogP contribution is -2.41. The number of anilines is 1. The van der Waals surface area contributed by atoms with Gasteiger partial charge in [0.15, 0.2) is 11.4 Å². The molecule has 0 unspecified atom stereocenters. The summed E-state index contributed by atoms with van der Waals surface area (Å²) in [6.07, 6.45) is 2.15. The van der Waals surface area contributed by atoms with Crippen LogP contribution in [0.15, 0.2) is 18.5 Å². The van der Waals surface area contributed by atoms with Gasteiger partial charge in [-0.2, -0.15) is 10.4 Å². The van der Waals surface area contributed by atoms with E-state index in [1.54, 1.807) is 12.1 Å². The van der Waals surface area contributed by atoms with Crippen LogP contribution in [0.5, 0.6) is 0 Å². The molecule has 2 aromatic rings. The Kier molecular flexibility index (Phi) is 4.90. The molecule has 0 aromatic carbocycles. The second-order valence-electron chi connectivity index (χ2n) is 6.49. The van der Waals surface area contributed by atoms with Crippen molar-refractivity contribution in [3.05, 3.63) is 24.2 Å². The molecule has 0 radical (unpaired) electrons. The molecule has 0 saturated carbocycles. The van der Waals surface area contributed by atoms with E-state index in [1.807, 2.05) is 0 Å². The number of aliphatic hydroxyl groups excluding tert-OH is 2. The van der Waals surface area contributed by atoms with Crippen molar-refractivity contribution in [1.29, 1.82) is 5.26 Å². The van der Waals surface area contributed by atoms with Crippen LogP contribution in [-0.2, 0) is 4.74 Å². The van der Waals surface area contributed by atoms with Crippen LogP contribution < -0.4 is 5.73 Å². The highest BCUT2D eigenvalue weighted by atomic mass is 16.6. The Labute approximate surface area is 145 Å². The summed E-state index contributed by atoms with van der Waals surface area (Å²) in [5.74, 6) is 0.306. The molecule has 4 N–H and O–H groups in total. The molecule has 134 valence electrons. The molecule has 3 rings (SSSR count). The van der Waals surface area contributed by atoms with Gasteiger partial charge in [-0.15, -0.1) is 0 Å². The van der Waals surface area contributed by atoms with Crippen LogP contribution in [0.1, 0.15) is 50.8 Å². The van der Waals surface area contributed by atoms with Crippen molar-refractivity contribution in [2.75, 3.05) is 5.73 Å². The van der Waals surface area contributed by atoms with E-state index in [-0.39, 0.29) is 0 Å². The van der Waals surface area contributed by atoms with E-state index in [9.17, 15) is 15.5 Å². The smallest absolute Gasteiger partial charge is 0.183 e. The maximum Gasteiger partial charge on any atom is 0.183 e. The SMILES string of the molecule is CCCCCC[C@]1(C#N)O[C@@H](c2ccc3c(N)ncnn23)[C@H](O)[C@@H]1O. The van der Waals surface area contributed by atoms with E-state index in [0.29, 0.717) is 23.4 Å². The fourth-order valence-electron chi connectivity index (χ4n) is 3.40. The van der Waals surface area contributed by atoms with Crippen molar-refractivity contribution >= 4 is 11.3 Å². The molecular weight excluding hydrogens is 322 g/mol. The average molecular weight is 345 g/mol. The van der Waals surface area contributed by atoms with Crippen molar-refractivity contribution in [2.24, 2.45) is 0 Å². The zero-order chi connectivity index (χ0) is 18.0. The summed E-state index contributed by atoms with van der Waals surface area (Å²) >= 11 is 0. The van der Waals surface area contributed by atoms with Crippen molar-refractivity contribution in [3.63, 3.8) is 0 Å². The third-order valence-corrected chi connectivity index (χ3v) is 4.84. The third-order valence-electron chi connectivity index (χ3n) is 4.84. The predicted octanol–water partition coefficient (Wildman–Crippen LogP) is 1.34. The number of unbranched alkanes of at least 4 members (excludes halogenated alkanes) is 3. The molecule has 2 aromatic heterocycles. The van der Waals surface area contributed by atoms with Crippen LogP contribution in [0.25, 0.3) is 5.52 Å². The zero-order valence-corrected chi connectivity index (χ0v) is 14.2. The summed E-state index contributed by atoms with van der Waals surface area (Å²) in [4.78, 5) is 3.92. The van der Waals surface area contributed by atoms with Gasteiger partial charge in [-0.25, -0.2) is 9.50 Å². The zero-order valence-electron chi connectivity index (χ0n) is 14.2. The number of ether oxygens (including phenoxy) is 1. The van der Waals surface area contributed by atoms with Gasteiger partial charge in [-0.05, 0) is 25.0 Å². The number of fused-ring (bicyclic) bond motifs is 1. The monoisotopic (exact) mass is 345 g/mol. The van der Waals surface area contributed by atoms with Crippen LogP contribution in [0.4, 0.5) is 5.82 Å². The summed E-state index contributed by atoms with van der Waals surface area (Å²) in [6.45, 7) is 2.10. The van der Waals surface area contributed by atoms with Crippen molar-refractivity contribution in [3.8, 4) is 6.07 Å². The van der Waals surface area contributed by atoms with Crippen LogP contribution in [0, 0.1) is 11.3 Å². The molecule has 8 nitrogen and oxygen atoms in total. The largest absolute Gasteiger partial charge is 0.387 e. The van der Waals surface area contributed by atoms with Gasteiger partial charge in [0, 0.05) is 0 Å². The Morgan fingerprint density at radius 2 is 2.16 bits per heavy atom. The van der Waals surface area contributed by atoms with Gasteiger partial charge >= 0.3 is 0 Å². The Bertz CT molecular complexity index is 786. The van der Waals surface area contributed by atoms with Crippen molar-refractivity contribution in [2.45, 2.75) is 62.9 Å². The van der Waals surface area contributed by atoms with E-state index in [4.69, 9.17) is 10.5 Å². The van der Waals surface area contributed by atoms with Crippen LogP contribution in [0.3, 0.4) is 0 Å². The van der Waals surface area contributed by atoms with Crippen molar-refractivity contribution in [1.82, 2.24) is 14.6 Å². The normalized spacial score (nSPS) is 29.1. The van der Waals surface area contributed by atoms with Gasteiger partial charge in [-0.3, -0.25) is 0 Å². The van der Waals surface area contributed by atoms with Gasteiger partial charge < -0.3 is 20.7 Å². The minimum absolute atomic E-state index is 0.306. The molecule has 0 bridgehead atoms. The van der Waals surface area contributed by atoms with E-state index >= 15 is 0 Å². The lowest BCUT2D eigenvalue weighted by molar-refractivity contribution is -0.0511. The first kappa shape index (κ1) is 17.6. The molecule has 1 aliphatic heterocycles. The van der Waals surface area contributed by atoms with Crippen LogP contribution in [0.2, 0.25) is 0 Å². The number of aliphatic hydroxyl groups is 2. The fraction of sp³-hybridized carbons (Fsp3) is 0.588. The first-order valence-corrected chi connectivity index (χ1v) is 8.57. The molecule has 0 amide bonds. The van der Waals surface area contributed by atoms with Crippen LogP contribution in [-0.4, -0.2) is 42.6 Å². The summed E-state index contributed by atoms with van der Waals surface area (Å²) < 4.78 is 7.43. The highest BCUT2D eigenvalue weighted by molar-refractivity contribution is 5.65. The Hall–Kier alpha value is -2.21. The molecule has 0 aliphatic carbocycles. The summed E-state index contributed by atoms with van der Waals surface area (Å²) in [6, 6.07) is 5.52. The number of hydrogen-bond acceptors (Lipinski definition) is 7. The van der Waals surface area contributed by atoms with Crippen molar-refractivity contribution < 1.29 is 14.9 Å². The number of rotatable bonds is 6. The maximum absolute atomic E-state index is 10.5. The number of aromatic nitrogens is 3. The molecule has 1 fully saturated rings. The fourth-order valence-corrected chi connectivity index (χ4v) is 3.40. The Morgan fingerprint density at radius 3 is 2.88 bits per heavy atom. The van der Waals surface area contributed by atoms with Gasteiger partial charge in [0.2, 0.25) is 0 Å². The molecule has 8 heteroatoms. The van der Waals surface area contributed by atoms with Gasteiger partial charge in [0.25, 0.3) is 0 Å². The van der Waals surface area contributed by atoms with E-state index in [2.05, 4.69) is 23.1 Å². The number of nitrogen functional groups attached to an aromatic ring is 1. The molecule has 25 heavy (non-hydrogen) atoms. The highest BCUT2D eigenvalue weighted by Gasteiger charge is 2.55. The molecular formula is C17H23N5O3. The first-order valence-electron chi connectivity index (χ1n) is 8.57. The second-order valence-corrected chi connectivity index (χ2v) is 6.49. The summed E-state index contributed by atoms with van der Waals surface area (Å²) in [5, 5.41) is 34.8. The van der Waals surface area contributed by atoms with E-state index in [0.717, 1.165) is 25.7 Å².